The summed E-state index contributed by atoms with van der Waals surface area (Å²) in [5.74, 6) is 0.909. The zero-order valence-corrected chi connectivity index (χ0v) is 15.7. The number of halogens is 1. The summed E-state index contributed by atoms with van der Waals surface area (Å²) in [5.41, 5.74) is 4.04. The van der Waals surface area contributed by atoms with E-state index in [9.17, 15) is 5.11 Å². The van der Waals surface area contributed by atoms with Gasteiger partial charge in [-0.1, -0.05) is 36.4 Å². The summed E-state index contributed by atoms with van der Waals surface area (Å²) in [4.78, 5) is 2.40. The van der Waals surface area contributed by atoms with Gasteiger partial charge in [0.2, 0.25) is 0 Å². The third kappa shape index (κ3) is 5.46. The van der Waals surface area contributed by atoms with Crippen LogP contribution in [0.5, 0.6) is 5.75 Å². The first-order valence-electron chi connectivity index (χ1n) is 8.84. The smallest absolute Gasteiger partial charge is 0.118 e. The number of methoxy groups -OCH3 is 1. The Kier molecular flexibility index (Phi) is 7.76. The lowest BCUT2D eigenvalue weighted by atomic mass is 10.0. The standard InChI is InChI=1S/C21H27NO2.ClH/c1-24-21-12-10-18(11-13-21)5-4-17-6-8-19(9-7-17)15-22-14-2-3-20(22)16-23;/h6-13,20,23H,2-5,14-16H2,1H3;1H/t20-;/m1./s1. The Morgan fingerprint density at radius 2 is 1.52 bits per heavy atom. The summed E-state index contributed by atoms with van der Waals surface area (Å²) < 4.78 is 5.20. The summed E-state index contributed by atoms with van der Waals surface area (Å²) in [5, 5.41) is 9.42. The van der Waals surface area contributed by atoms with Gasteiger partial charge in [-0.3, -0.25) is 4.90 Å². The monoisotopic (exact) mass is 361 g/mol. The second kappa shape index (κ2) is 9.81. The summed E-state index contributed by atoms with van der Waals surface area (Å²) in [6.45, 7) is 2.33. The highest BCUT2D eigenvalue weighted by Crippen LogP contribution is 2.20. The summed E-state index contributed by atoms with van der Waals surface area (Å²) >= 11 is 0. The van der Waals surface area contributed by atoms with Gasteiger partial charge in [0.05, 0.1) is 13.7 Å². The van der Waals surface area contributed by atoms with Gasteiger partial charge in [-0.2, -0.15) is 0 Å². The van der Waals surface area contributed by atoms with E-state index in [0.717, 1.165) is 38.1 Å². The van der Waals surface area contributed by atoms with Crippen molar-refractivity contribution in [2.75, 3.05) is 20.3 Å². The molecule has 0 spiro atoms. The maximum Gasteiger partial charge on any atom is 0.118 e. The predicted molar refractivity (Wildman–Crippen MR) is 105 cm³/mol. The fourth-order valence-corrected chi connectivity index (χ4v) is 3.44. The number of aliphatic hydroxyl groups excluding tert-OH is 1. The van der Waals surface area contributed by atoms with Crippen molar-refractivity contribution in [1.29, 1.82) is 0 Å². The van der Waals surface area contributed by atoms with Crippen molar-refractivity contribution in [1.82, 2.24) is 4.90 Å². The topological polar surface area (TPSA) is 32.7 Å². The van der Waals surface area contributed by atoms with Crippen LogP contribution in [0, 0.1) is 0 Å². The van der Waals surface area contributed by atoms with E-state index in [1.54, 1.807) is 7.11 Å². The van der Waals surface area contributed by atoms with Gasteiger partial charge in [-0.15, -0.1) is 12.4 Å². The van der Waals surface area contributed by atoms with Crippen LogP contribution >= 0.6 is 12.4 Å². The van der Waals surface area contributed by atoms with Crippen molar-refractivity contribution >= 4 is 12.4 Å². The second-order valence-corrected chi connectivity index (χ2v) is 6.61. The highest BCUT2D eigenvalue weighted by Gasteiger charge is 2.23. The van der Waals surface area contributed by atoms with Crippen molar-refractivity contribution in [3.05, 3.63) is 65.2 Å². The van der Waals surface area contributed by atoms with Gasteiger partial charge in [0, 0.05) is 12.6 Å². The van der Waals surface area contributed by atoms with Gasteiger partial charge in [0.15, 0.2) is 0 Å². The largest absolute Gasteiger partial charge is 0.497 e. The number of nitrogens with zero attached hydrogens (tertiary/aromatic N) is 1. The second-order valence-electron chi connectivity index (χ2n) is 6.61. The number of likely N-dealkylation sites (tertiary alicyclic amines) is 1. The maximum atomic E-state index is 9.42. The summed E-state index contributed by atoms with van der Waals surface area (Å²) in [6.07, 6.45) is 4.42. The van der Waals surface area contributed by atoms with Crippen LogP contribution in [0.2, 0.25) is 0 Å². The van der Waals surface area contributed by atoms with Gasteiger partial charge >= 0.3 is 0 Å². The highest BCUT2D eigenvalue weighted by molar-refractivity contribution is 5.85. The van der Waals surface area contributed by atoms with Crippen LogP contribution in [-0.4, -0.2) is 36.3 Å². The fraction of sp³-hybridized carbons (Fsp3) is 0.429. The van der Waals surface area contributed by atoms with E-state index in [1.807, 2.05) is 12.1 Å². The van der Waals surface area contributed by atoms with Gasteiger partial charge in [0.25, 0.3) is 0 Å². The van der Waals surface area contributed by atoms with Crippen LogP contribution in [0.4, 0.5) is 0 Å². The number of hydrogen-bond donors (Lipinski definition) is 1. The van der Waals surface area contributed by atoms with Crippen molar-refractivity contribution < 1.29 is 9.84 Å². The molecular formula is C21H28ClNO2. The Bertz CT molecular complexity index is 627. The van der Waals surface area contributed by atoms with Gasteiger partial charge in [-0.25, -0.2) is 0 Å². The summed E-state index contributed by atoms with van der Waals surface area (Å²) in [6, 6.07) is 17.6. The first-order valence-corrected chi connectivity index (χ1v) is 8.84. The molecule has 0 amide bonds. The molecule has 3 rings (SSSR count). The van der Waals surface area contributed by atoms with E-state index in [4.69, 9.17) is 4.74 Å². The lowest BCUT2D eigenvalue weighted by molar-refractivity contribution is 0.153. The molecule has 1 atom stereocenters. The number of benzene rings is 2. The molecule has 1 heterocycles. The van der Waals surface area contributed by atoms with Crippen LogP contribution in [0.15, 0.2) is 48.5 Å². The van der Waals surface area contributed by atoms with E-state index in [-0.39, 0.29) is 19.0 Å². The molecule has 0 aliphatic carbocycles. The number of rotatable bonds is 7. The van der Waals surface area contributed by atoms with Crippen molar-refractivity contribution in [3.8, 4) is 5.75 Å². The Labute approximate surface area is 157 Å². The first kappa shape index (κ1) is 19.8. The quantitative estimate of drug-likeness (QED) is 0.812. The molecule has 1 saturated heterocycles. The van der Waals surface area contributed by atoms with Crippen molar-refractivity contribution in [2.24, 2.45) is 0 Å². The van der Waals surface area contributed by atoms with E-state index < -0.39 is 0 Å². The van der Waals surface area contributed by atoms with E-state index >= 15 is 0 Å². The van der Waals surface area contributed by atoms with Crippen molar-refractivity contribution in [3.63, 3.8) is 0 Å². The fourth-order valence-electron chi connectivity index (χ4n) is 3.44. The minimum atomic E-state index is 0. The molecule has 4 heteroatoms. The van der Waals surface area contributed by atoms with Gasteiger partial charge < -0.3 is 9.84 Å². The third-order valence-electron chi connectivity index (χ3n) is 4.98. The van der Waals surface area contributed by atoms with Gasteiger partial charge in [-0.05, 0) is 61.1 Å². The Morgan fingerprint density at radius 1 is 0.960 bits per heavy atom. The molecule has 0 radical (unpaired) electrons. The van der Waals surface area contributed by atoms with E-state index in [2.05, 4.69) is 41.3 Å². The van der Waals surface area contributed by atoms with Crippen molar-refractivity contribution in [2.45, 2.75) is 38.3 Å². The van der Waals surface area contributed by atoms with Crippen LogP contribution < -0.4 is 4.74 Å². The van der Waals surface area contributed by atoms with Crippen LogP contribution in [0.3, 0.4) is 0 Å². The zero-order chi connectivity index (χ0) is 16.8. The molecule has 2 aromatic rings. The lowest BCUT2D eigenvalue weighted by Crippen LogP contribution is -2.31. The highest BCUT2D eigenvalue weighted by atomic mass is 35.5. The van der Waals surface area contributed by atoms with E-state index in [0.29, 0.717) is 6.04 Å². The molecular weight excluding hydrogens is 334 g/mol. The molecule has 3 nitrogen and oxygen atoms in total. The molecule has 1 aliphatic heterocycles. The maximum absolute atomic E-state index is 9.42. The average molecular weight is 362 g/mol. The molecule has 25 heavy (non-hydrogen) atoms. The molecule has 0 saturated carbocycles. The molecule has 1 fully saturated rings. The molecule has 0 bridgehead atoms. The molecule has 1 aliphatic rings. The van der Waals surface area contributed by atoms with E-state index in [1.165, 1.54) is 23.1 Å². The molecule has 136 valence electrons. The lowest BCUT2D eigenvalue weighted by Gasteiger charge is -2.22. The first-order chi connectivity index (χ1) is 11.8. The number of hydrogen-bond acceptors (Lipinski definition) is 3. The van der Waals surface area contributed by atoms with Gasteiger partial charge in [0.1, 0.15) is 5.75 Å². The van der Waals surface area contributed by atoms with Crippen LogP contribution in [0.25, 0.3) is 0 Å². The SMILES string of the molecule is COc1ccc(CCc2ccc(CN3CCC[C@@H]3CO)cc2)cc1.Cl. The Balaban J connectivity index is 0.00000225. The molecule has 2 aromatic carbocycles. The number of ether oxygens (including phenoxy) is 1. The minimum Gasteiger partial charge on any atom is -0.497 e. The minimum absolute atomic E-state index is 0. The average Bonchev–Trinajstić information content (AvgIpc) is 3.08. The zero-order valence-electron chi connectivity index (χ0n) is 14.9. The molecule has 0 aromatic heterocycles. The number of aliphatic hydroxyl groups is 1. The summed E-state index contributed by atoms with van der Waals surface area (Å²) in [7, 11) is 1.70. The van der Waals surface area contributed by atoms with Crippen LogP contribution in [0.1, 0.15) is 29.5 Å². The third-order valence-corrected chi connectivity index (χ3v) is 4.98. The Morgan fingerprint density at radius 3 is 2.08 bits per heavy atom. The predicted octanol–water partition coefficient (Wildman–Crippen LogP) is 3.86. The molecule has 0 unspecified atom stereocenters. The Hall–Kier alpha value is -1.55. The normalized spacial score (nSPS) is 17.3. The van der Waals surface area contributed by atoms with Crippen LogP contribution in [-0.2, 0) is 19.4 Å². The molecule has 1 N–H and O–H groups in total. The number of aryl methyl sites for hydroxylation is 2.